The van der Waals surface area contributed by atoms with E-state index in [1.807, 2.05) is 24.3 Å². The normalized spacial score (nSPS) is 13.0. The molecule has 2 rings (SSSR count). The summed E-state index contributed by atoms with van der Waals surface area (Å²) in [6.45, 7) is 9.75. The van der Waals surface area contributed by atoms with Crippen molar-refractivity contribution in [3.05, 3.63) is 65.2 Å². The number of phenols is 1. The van der Waals surface area contributed by atoms with Crippen LogP contribution in [0.15, 0.2) is 48.5 Å². The quantitative estimate of drug-likeness (QED) is 0.741. The minimum Gasteiger partial charge on any atom is -0.508 e. The summed E-state index contributed by atoms with van der Waals surface area (Å²) in [5, 5.41) is 20.3. The van der Waals surface area contributed by atoms with Crippen LogP contribution < -0.4 is 0 Å². The summed E-state index contributed by atoms with van der Waals surface area (Å²) in [5.41, 5.74) is 2.82. The molecule has 0 saturated heterocycles. The molecule has 0 aliphatic carbocycles. The number of phenolic OH excluding ortho intramolecular Hbond substituents is 1. The highest BCUT2D eigenvalue weighted by Gasteiger charge is 2.23. The number of aliphatic hydroxyl groups excluding tert-OH is 1. The number of hydrogen-bond donors (Lipinski definition) is 2. The summed E-state index contributed by atoms with van der Waals surface area (Å²) < 4.78 is 0. The second kappa shape index (κ2) is 9.02. The number of aliphatic hydroxyl groups is 1. The lowest BCUT2D eigenvalue weighted by Gasteiger charge is -2.32. The molecule has 0 saturated carbocycles. The number of hydrogen-bond acceptors (Lipinski definition) is 3. The summed E-state index contributed by atoms with van der Waals surface area (Å²) in [4.78, 5) is 2.47. The Balaban J connectivity index is 2.39. The van der Waals surface area contributed by atoms with Crippen LogP contribution in [0.4, 0.5) is 0 Å². The molecule has 0 amide bonds. The van der Waals surface area contributed by atoms with Crippen LogP contribution in [0.2, 0.25) is 0 Å². The van der Waals surface area contributed by atoms with Crippen molar-refractivity contribution in [2.75, 3.05) is 6.54 Å². The Morgan fingerprint density at radius 3 is 2.08 bits per heavy atom. The molecule has 1 atom stereocenters. The Kier molecular flexibility index (Phi) is 7.03. The largest absolute Gasteiger partial charge is 0.508 e. The van der Waals surface area contributed by atoms with Gasteiger partial charge in [-0.15, -0.1) is 0 Å². The molecule has 2 N–H and O–H groups in total. The van der Waals surface area contributed by atoms with Crippen molar-refractivity contribution < 1.29 is 10.2 Å². The number of benzene rings is 2. The van der Waals surface area contributed by atoms with Gasteiger partial charge in [0.15, 0.2) is 0 Å². The molecule has 3 heteroatoms. The first-order chi connectivity index (χ1) is 12.0. The van der Waals surface area contributed by atoms with Gasteiger partial charge in [-0.1, -0.05) is 42.5 Å². The van der Waals surface area contributed by atoms with Crippen molar-refractivity contribution in [1.29, 1.82) is 0 Å². The van der Waals surface area contributed by atoms with E-state index in [1.54, 1.807) is 12.1 Å². The maximum atomic E-state index is 10.5. The molecule has 2 aromatic carbocycles. The van der Waals surface area contributed by atoms with Crippen LogP contribution in [0.3, 0.4) is 0 Å². The van der Waals surface area contributed by atoms with Gasteiger partial charge in [-0.2, -0.15) is 0 Å². The average Bonchev–Trinajstić information content (AvgIpc) is 2.59. The maximum Gasteiger partial charge on any atom is 0.119 e. The topological polar surface area (TPSA) is 43.7 Å². The van der Waals surface area contributed by atoms with Crippen LogP contribution >= 0.6 is 0 Å². The Hall–Kier alpha value is -1.84. The summed E-state index contributed by atoms with van der Waals surface area (Å²) in [6, 6.07) is 16.6. The van der Waals surface area contributed by atoms with E-state index in [9.17, 15) is 10.2 Å². The van der Waals surface area contributed by atoms with Crippen LogP contribution in [-0.4, -0.2) is 33.7 Å². The molecule has 0 heterocycles. The molecule has 0 aliphatic rings. The molecular formula is C22H31NO2. The van der Waals surface area contributed by atoms with Crippen molar-refractivity contribution in [2.45, 2.75) is 58.7 Å². The van der Waals surface area contributed by atoms with E-state index < -0.39 is 0 Å². The minimum absolute atomic E-state index is 0.0598. The molecular weight excluding hydrogens is 310 g/mol. The average molecular weight is 341 g/mol. The first-order valence-electron chi connectivity index (χ1n) is 9.18. The number of aromatic hydroxyl groups is 1. The molecule has 25 heavy (non-hydrogen) atoms. The summed E-state index contributed by atoms with van der Waals surface area (Å²) in [6.07, 6.45) is 0.894. The Morgan fingerprint density at radius 1 is 0.880 bits per heavy atom. The highest BCUT2D eigenvalue weighted by Crippen LogP contribution is 2.36. The number of nitrogens with zero attached hydrogens (tertiary/aromatic N) is 1. The van der Waals surface area contributed by atoms with E-state index in [0.29, 0.717) is 12.1 Å². The zero-order valence-corrected chi connectivity index (χ0v) is 15.8. The lowest BCUT2D eigenvalue weighted by Crippen LogP contribution is -2.38. The third kappa shape index (κ3) is 4.83. The van der Waals surface area contributed by atoms with Gasteiger partial charge in [-0.3, -0.25) is 4.90 Å². The fraction of sp³-hybridized carbons (Fsp3) is 0.455. The predicted octanol–water partition coefficient (Wildman–Crippen LogP) is 4.53. The van der Waals surface area contributed by atoms with Gasteiger partial charge >= 0.3 is 0 Å². The van der Waals surface area contributed by atoms with E-state index in [0.717, 1.165) is 24.1 Å². The van der Waals surface area contributed by atoms with Gasteiger partial charge in [0.1, 0.15) is 5.75 Å². The highest BCUT2D eigenvalue weighted by molar-refractivity contribution is 5.46. The molecule has 0 bridgehead atoms. The molecule has 136 valence electrons. The molecule has 0 aliphatic heterocycles. The van der Waals surface area contributed by atoms with E-state index in [-0.39, 0.29) is 18.3 Å². The zero-order valence-electron chi connectivity index (χ0n) is 15.8. The molecule has 2 aromatic rings. The third-order valence-corrected chi connectivity index (χ3v) is 4.90. The Morgan fingerprint density at radius 2 is 1.52 bits per heavy atom. The second-order valence-electron chi connectivity index (χ2n) is 7.19. The summed E-state index contributed by atoms with van der Waals surface area (Å²) >= 11 is 0. The summed E-state index contributed by atoms with van der Waals surface area (Å²) in [7, 11) is 0. The van der Waals surface area contributed by atoms with Gasteiger partial charge in [0.05, 0.1) is 6.61 Å². The molecule has 0 aromatic heterocycles. The van der Waals surface area contributed by atoms with E-state index in [1.165, 1.54) is 5.56 Å². The van der Waals surface area contributed by atoms with Crippen molar-refractivity contribution in [3.8, 4) is 5.75 Å². The van der Waals surface area contributed by atoms with Crippen molar-refractivity contribution in [3.63, 3.8) is 0 Å². The van der Waals surface area contributed by atoms with Gasteiger partial charge in [0.25, 0.3) is 0 Å². The van der Waals surface area contributed by atoms with Gasteiger partial charge in [-0.05, 0) is 57.9 Å². The molecule has 3 nitrogen and oxygen atoms in total. The monoisotopic (exact) mass is 341 g/mol. The van der Waals surface area contributed by atoms with Gasteiger partial charge in [0.2, 0.25) is 0 Å². The third-order valence-electron chi connectivity index (χ3n) is 4.90. The lowest BCUT2D eigenvalue weighted by molar-refractivity contribution is 0.170. The van der Waals surface area contributed by atoms with E-state index in [2.05, 4.69) is 44.7 Å². The SMILES string of the molecule is CC(C)N(CC[C@H](c1ccccc1)c1c(O)cccc1CO)C(C)C. The Labute approximate surface area is 151 Å². The molecule has 0 fully saturated rings. The highest BCUT2D eigenvalue weighted by atomic mass is 16.3. The van der Waals surface area contributed by atoms with Crippen LogP contribution in [0, 0.1) is 0 Å². The van der Waals surface area contributed by atoms with Crippen molar-refractivity contribution >= 4 is 0 Å². The second-order valence-corrected chi connectivity index (χ2v) is 7.19. The van der Waals surface area contributed by atoms with E-state index >= 15 is 0 Å². The van der Waals surface area contributed by atoms with Gasteiger partial charge in [0, 0.05) is 23.6 Å². The number of rotatable bonds is 8. The van der Waals surface area contributed by atoms with Crippen LogP contribution in [0.1, 0.15) is 56.7 Å². The van der Waals surface area contributed by atoms with Crippen LogP contribution in [-0.2, 0) is 6.61 Å². The smallest absolute Gasteiger partial charge is 0.119 e. The lowest BCUT2D eigenvalue weighted by atomic mass is 9.85. The first-order valence-corrected chi connectivity index (χ1v) is 9.18. The van der Waals surface area contributed by atoms with Crippen molar-refractivity contribution in [2.24, 2.45) is 0 Å². The van der Waals surface area contributed by atoms with E-state index in [4.69, 9.17) is 0 Å². The molecule has 0 spiro atoms. The zero-order chi connectivity index (χ0) is 18.4. The van der Waals surface area contributed by atoms with Crippen molar-refractivity contribution in [1.82, 2.24) is 4.90 Å². The van der Waals surface area contributed by atoms with Gasteiger partial charge in [-0.25, -0.2) is 0 Å². The standard InChI is InChI=1S/C22H31NO2/c1-16(2)23(17(3)4)14-13-20(18-9-6-5-7-10-18)22-19(15-24)11-8-12-21(22)25/h5-12,16-17,20,24-25H,13-15H2,1-4H3/t20-/m1/s1. The fourth-order valence-electron chi connectivity index (χ4n) is 3.69. The minimum atomic E-state index is -0.0643. The Bertz CT molecular complexity index is 644. The van der Waals surface area contributed by atoms with Crippen LogP contribution in [0.25, 0.3) is 0 Å². The summed E-state index contributed by atoms with van der Waals surface area (Å²) in [5.74, 6) is 0.325. The first kappa shape index (κ1) is 19.5. The molecule has 0 radical (unpaired) electrons. The molecule has 0 unspecified atom stereocenters. The fourth-order valence-corrected chi connectivity index (χ4v) is 3.69. The van der Waals surface area contributed by atoms with Crippen LogP contribution in [0.5, 0.6) is 5.75 Å². The predicted molar refractivity (Wildman–Crippen MR) is 104 cm³/mol. The van der Waals surface area contributed by atoms with Gasteiger partial charge < -0.3 is 10.2 Å². The maximum absolute atomic E-state index is 10.5.